The van der Waals surface area contributed by atoms with Crippen molar-refractivity contribution in [1.82, 2.24) is 0 Å². The molecule has 0 aromatic carbocycles. The van der Waals surface area contributed by atoms with E-state index in [0.717, 1.165) is 6.42 Å². The molecule has 0 unspecified atom stereocenters. The number of halogens is 2. The molecule has 0 aromatic rings. The molecule has 0 heterocycles. The predicted octanol–water partition coefficient (Wildman–Crippen LogP) is 8.05. The van der Waals surface area contributed by atoms with Gasteiger partial charge in [-0.15, -0.1) is 23.2 Å². The molecular formula is C18H36Cl2. The Morgan fingerprint density at radius 3 is 1.10 bits per heavy atom. The minimum atomic E-state index is -0.156. The van der Waals surface area contributed by atoms with E-state index in [2.05, 4.69) is 6.92 Å². The monoisotopic (exact) mass is 322 g/mol. The minimum Gasteiger partial charge on any atom is -0.105 e. The second-order valence-electron chi connectivity index (χ2n) is 6.13. The fourth-order valence-corrected chi connectivity index (χ4v) is 2.98. The molecule has 0 N–H and O–H groups in total. The van der Waals surface area contributed by atoms with Crippen molar-refractivity contribution in [2.24, 2.45) is 0 Å². The molecule has 0 radical (unpaired) electrons. The Hall–Kier alpha value is 0.580. The van der Waals surface area contributed by atoms with E-state index in [1.54, 1.807) is 0 Å². The fourth-order valence-electron chi connectivity index (χ4n) is 2.67. The molecular weight excluding hydrogens is 287 g/mol. The van der Waals surface area contributed by atoms with Crippen LogP contribution in [0.4, 0.5) is 0 Å². The molecule has 122 valence electrons. The predicted molar refractivity (Wildman–Crippen MR) is 95.0 cm³/mol. The summed E-state index contributed by atoms with van der Waals surface area (Å²) in [4.78, 5) is -0.156. The third-order valence-electron chi connectivity index (χ3n) is 4.03. The van der Waals surface area contributed by atoms with Gasteiger partial charge in [-0.1, -0.05) is 103 Å². The topological polar surface area (TPSA) is 0 Å². The van der Waals surface area contributed by atoms with Crippen molar-refractivity contribution in [2.75, 3.05) is 0 Å². The van der Waals surface area contributed by atoms with Crippen molar-refractivity contribution < 1.29 is 0 Å². The standard InChI is InChI=1S/C18H36Cl2/c1-2-3-4-5-6-7-8-9-10-11-12-13-14-15-16-17-18(19)20/h18H,2-17H2,1H3. The highest BCUT2D eigenvalue weighted by Crippen LogP contribution is 2.15. The first-order valence-electron chi connectivity index (χ1n) is 9.05. The van der Waals surface area contributed by atoms with Gasteiger partial charge < -0.3 is 0 Å². The van der Waals surface area contributed by atoms with Crippen LogP contribution in [0.5, 0.6) is 0 Å². The maximum Gasteiger partial charge on any atom is 0.107 e. The van der Waals surface area contributed by atoms with Gasteiger partial charge in [0.1, 0.15) is 4.84 Å². The quantitative estimate of drug-likeness (QED) is 0.199. The fraction of sp³-hybridized carbons (Fsp3) is 1.00. The summed E-state index contributed by atoms with van der Waals surface area (Å²) in [6.45, 7) is 2.28. The zero-order valence-corrected chi connectivity index (χ0v) is 15.2. The van der Waals surface area contributed by atoms with Gasteiger partial charge >= 0.3 is 0 Å². The minimum absolute atomic E-state index is 0.156. The van der Waals surface area contributed by atoms with E-state index in [1.807, 2.05) is 0 Å². The van der Waals surface area contributed by atoms with E-state index in [1.165, 1.54) is 96.3 Å². The second-order valence-corrected chi connectivity index (χ2v) is 7.41. The lowest BCUT2D eigenvalue weighted by molar-refractivity contribution is 0.531. The molecule has 0 aliphatic rings. The highest BCUT2D eigenvalue weighted by molar-refractivity contribution is 6.44. The highest BCUT2D eigenvalue weighted by atomic mass is 35.5. The van der Waals surface area contributed by atoms with Crippen LogP contribution in [-0.4, -0.2) is 4.84 Å². The Morgan fingerprint density at radius 1 is 0.500 bits per heavy atom. The van der Waals surface area contributed by atoms with Crippen molar-refractivity contribution >= 4 is 23.2 Å². The third kappa shape index (κ3) is 18.6. The molecule has 0 rings (SSSR count). The average Bonchev–Trinajstić information content (AvgIpc) is 2.43. The van der Waals surface area contributed by atoms with E-state index in [4.69, 9.17) is 23.2 Å². The summed E-state index contributed by atoms with van der Waals surface area (Å²) in [5, 5.41) is 0. The van der Waals surface area contributed by atoms with E-state index < -0.39 is 0 Å². The smallest absolute Gasteiger partial charge is 0.105 e. The zero-order valence-electron chi connectivity index (χ0n) is 13.6. The largest absolute Gasteiger partial charge is 0.107 e. The number of hydrogen-bond acceptors (Lipinski definition) is 0. The Labute approximate surface area is 138 Å². The number of hydrogen-bond donors (Lipinski definition) is 0. The van der Waals surface area contributed by atoms with Gasteiger partial charge in [0.25, 0.3) is 0 Å². The van der Waals surface area contributed by atoms with Crippen molar-refractivity contribution in [3.63, 3.8) is 0 Å². The molecule has 0 amide bonds. The molecule has 0 bridgehead atoms. The lowest BCUT2D eigenvalue weighted by atomic mass is 10.0. The van der Waals surface area contributed by atoms with Crippen molar-refractivity contribution in [3.8, 4) is 0 Å². The first-order chi connectivity index (χ1) is 9.77. The molecule has 0 saturated heterocycles. The maximum absolute atomic E-state index is 5.70. The number of unbranched alkanes of at least 4 members (excludes halogenated alkanes) is 14. The van der Waals surface area contributed by atoms with Crippen LogP contribution >= 0.6 is 23.2 Å². The summed E-state index contributed by atoms with van der Waals surface area (Å²) in [5.74, 6) is 0. The van der Waals surface area contributed by atoms with Gasteiger partial charge in [0.2, 0.25) is 0 Å². The Balaban J connectivity index is 2.92. The Morgan fingerprint density at radius 2 is 0.800 bits per heavy atom. The van der Waals surface area contributed by atoms with Gasteiger partial charge in [-0.2, -0.15) is 0 Å². The second kappa shape index (κ2) is 17.6. The van der Waals surface area contributed by atoms with Crippen LogP contribution in [0.25, 0.3) is 0 Å². The summed E-state index contributed by atoms with van der Waals surface area (Å²) in [6, 6.07) is 0. The van der Waals surface area contributed by atoms with Gasteiger partial charge in [-0.05, 0) is 6.42 Å². The average molecular weight is 323 g/mol. The molecule has 0 atom stereocenters. The molecule has 0 saturated carbocycles. The molecule has 0 spiro atoms. The highest BCUT2D eigenvalue weighted by Gasteiger charge is 1.98. The first kappa shape index (κ1) is 20.6. The van der Waals surface area contributed by atoms with Crippen molar-refractivity contribution in [1.29, 1.82) is 0 Å². The van der Waals surface area contributed by atoms with Crippen LogP contribution in [0.3, 0.4) is 0 Å². The van der Waals surface area contributed by atoms with Gasteiger partial charge in [0.15, 0.2) is 0 Å². The van der Waals surface area contributed by atoms with Crippen LogP contribution in [0.15, 0.2) is 0 Å². The summed E-state index contributed by atoms with van der Waals surface area (Å²) >= 11 is 11.4. The van der Waals surface area contributed by atoms with Crippen LogP contribution in [0.1, 0.15) is 110 Å². The third-order valence-corrected chi connectivity index (χ3v) is 4.46. The van der Waals surface area contributed by atoms with E-state index >= 15 is 0 Å². The maximum atomic E-state index is 5.70. The van der Waals surface area contributed by atoms with E-state index in [-0.39, 0.29) is 4.84 Å². The van der Waals surface area contributed by atoms with Crippen LogP contribution in [-0.2, 0) is 0 Å². The summed E-state index contributed by atoms with van der Waals surface area (Å²) in [6.07, 6.45) is 22.0. The van der Waals surface area contributed by atoms with Gasteiger partial charge in [0, 0.05) is 0 Å². The first-order valence-corrected chi connectivity index (χ1v) is 9.92. The number of alkyl halides is 2. The SMILES string of the molecule is CCCCCCCCCCCCCCCCCC(Cl)Cl. The van der Waals surface area contributed by atoms with Crippen molar-refractivity contribution in [3.05, 3.63) is 0 Å². The summed E-state index contributed by atoms with van der Waals surface area (Å²) in [5.41, 5.74) is 0. The van der Waals surface area contributed by atoms with Crippen LogP contribution in [0, 0.1) is 0 Å². The normalized spacial score (nSPS) is 11.4. The Bertz CT molecular complexity index is 169. The van der Waals surface area contributed by atoms with Gasteiger partial charge in [-0.3, -0.25) is 0 Å². The number of rotatable bonds is 16. The van der Waals surface area contributed by atoms with Gasteiger partial charge in [0.05, 0.1) is 0 Å². The summed E-state index contributed by atoms with van der Waals surface area (Å²) in [7, 11) is 0. The molecule has 2 heteroatoms. The lowest BCUT2D eigenvalue weighted by Gasteiger charge is -2.03. The summed E-state index contributed by atoms with van der Waals surface area (Å²) < 4.78 is 0. The van der Waals surface area contributed by atoms with Crippen molar-refractivity contribution in [2.45, 2.75) is 114 Å². The lowest BCUT2D eigenvalue weighted by Crippen LogP contribution is -1.87. The molecule has 0 aromatic heterocycles. The van der Waals surface area contributed by atoms with E-state index in [9.17, 15) is 0 Å². The molecule has 0 aliphatic heterocycles. The van der Waals surface area contributed by atoms with Crippen LogP contribution in [0.2, 0.25) is 0 Å². The Kier molecular flexibility index (Phi) is 18.1. The molecule has 20 heavy (non-hydrogen) atoms. The van der Waals surface area contributed by atoms with E-state index in [0.29, 0.717) is 0 Å². The van der Waals surface area contributed by atoms with Crippen LogP contribution < -0.4 is 0 Å². The molecule has 0 aliphatic carbocycles. The zero-order chi connectivity index (χ0) is 14.9. The molecule has 0 nitrogen and oxygen atoms in total. The molecule has 0 fully saturated rings. The van der Waals surface area contributed by atoms with Gasteiger partial charge in [-0.25, -0.2) is 0 Å².